The average molecular weight is 736 g/mol. The summed E-state index contributed by atoms with van der Waals surface area (Å²) in [6, 6.07) is 19.8. The lowest BCUT2D eigenvalue weighted by Crippen LogP contribution is -2.39. The first-order valence-corrected chi connectivity index (χ1v) is 16.1. The third kappa shape index (κ3) is 6.67. The molecular weight excluding hydrogens is 705 g/mol. The van der Waals surface area contributed by atoms with Crippen LogP contribution in [0.3, 0.4) is 0 Å². The number of carbonyl (C=O) groups is 1. The van der Waals surface area contributed by atoms with Crippen molar-refractivity contribution in [2.45, 2.75) is 33.4 Å². The molecule has 0 radical (unpaired) electrons. The van der Waals surface area contributed by atoms with E-state index >= 15 is 0 Å². The number of halogens is 1. The number of ether oxygens (including phenoxy) is 4. The summed E-state index contributed by atoms with van der Waals surface area (Å²) in [5.74, 6) is 1.20. The molecule has 0 aliphatic carbocycles. The summed E-state index contributed by atoms with van der Waals surface area (Å²) in [6.07, 6.45) is 1.78. The molecule has 9 nitrogen and oxygen atoms in total. The van der Waals surface area contributed by atoms with Gasteiger partial charge in [-0.1, -0.05) is 41.7 Å². The van der Waals surface area contributed by atoms with E-state index in [1.54, 1.807) is 43.7 Å². The van der Waals surface area contributed by atoms with Gasteiger partial charge in [0.15, 0.2) is 16.3 Å². The van der Waals surface area contributed by atoms with Crippen molar-refractivity contribution in [2.75, 3.05) is 20.3 Å². The molecular formula is C34H30IN3O6S. The van der Waals surface area contributed by atoms with E-state index in [1.807, 2.05) is 55.5 Å². The molecule has 0 saturated carbocycles. The van der Waals surface area contributed by atoms with E-state index in [1.165, 1.54) is 11.3 Å². The topological polar surface area (TPSA) is 112 Å². The van der Waals surface area contributed by atoms with E-state index < -0.39 is 12.0 Å². The van der Waals surface area contributed by atoms with Gasteiger partial charge in [-0.15, -0.1) is 0 Å². The Morgan fingerprint density at radius 3 is 2.56 bits per heavy atom. The van der Waals surface area contributed by atoms with Crippen LogP contribution in [0.1, 0.15) is 49.1 Å². The Balaban J connectivity index is 1.56. The molecule has 1 aliphatic heterocycles. The van der Waals surface area contributed by atoms with Crippen molar-refractivity contribution in [1.82, 2.24) is 4.57 Å². The normalized spacial score (nSPS) is 14.3. The predicted octanol–water partition coefficient (Wildman–Crippen LogP) is 5.26. The van der Waals surface area contributed by atoms with Crippen LogP contribution in [-0.4, -0.2) is 30.9 Å². The number of hydrogen-bond acceptors (Lipinski definition) is 9. The smallest absolute Gasteiger partial charge is 0.338 e. The number of benzene rings is 3. The molecule has 0 bridgehead atoms. The number of methoxy groups -OCH3 is 1. The quantitative estimate of drug-likeness (QED) is 0.161. The first kappa shape index (κ1) is 32.0. The van der Waals surface area contributed by atoms with Gasteiger partial charge >= 0.3 is 5.97 Å². The minimum absolute atomic E-state index is 0.195. The number of allylic oxidation sites excluding steroid dienone is 1. The molecule has 0 amide bonds. The maximum atomic E-state index is 14.0. The highest BCUT2D eigenvalue weighted by Crippen LogP contribution is 2.35. The first-order chi connectivity index (χ1) is 21.8. The molecule has 230 valence electrons. The summed E-state index contributed by atoms with van der Waals surface area (Å²) in [7, 11) is 1.55. The van der Waals surface area contributed by atoms with Crippen LogP contribution in [-0.2, 0) is 16.1 Å². The average Bonchev–Trinajstić information content (AvgIpc) is 3.34. The van der Waals surface area contributed by atoms with Gasteiger partial charge in [-0.2, -0.15) is 5.26 Å². The van der Waals surface area contributed by atoms with Crippen molar-refractivity contribution in [1.29, 1.82) is 5.26 Å². The zero-order valence-corrected chi connectivity index (χ0v) is 28.1. The Labute approximate surface area is 277 Å². The lowest BCUT2D eigenvalue weighted by atomic mass is 9.96. The molecule has 0 spiro atoms. The van der Waals surface area contributed by atoms with E-state index in [-0.39, 0.29) is 18.8 Å². The summed E-state index contributed by atoms with van der Waals surface area (Å²) in [6.45, 7) is 6.32. The lowest BCUT2D eigenvalue weighted by Gasteiger charge is -2.24. The molecule has 1 aliphatic rings. The van der Waals surface area contributed by atoms with E-state index in [0.29, 0.717) is 50.0 Å². The minimum Gasteiger partial charge on any atom is -0.494 e. The summed E-state index contributed by atoms with van der Waals surface area (Å²) >= 11 is 3.41. The highest BCUT2D eigenvalue weighted by atomic mass is 127. The number of esters is 1. The highest BCUT2D eigenvalue weighted by Gasteiger charge is 2.33. The largest absolute Gasteiger partial charge is 0.494 e. The Morgan fingerprint density at radius 2 is 1.87 bits per heavy atom. The SMILES string of the molecule is CCOC(=O)C1=C(C)N=c2s/c(=C\c3cc(I)c(OCc4ccccc4C#N)c(OC)c3)c(=O)n2[C@@H]1c1ccc(OCC)cc1. The molecule has 3 aromatic carbocycles. The second-order valence-corrected chi connectivity index (χ2v) is 12.1. The zero-order chi connectivity index (χ0) is 32.1. The van der Waals surface area contributed by atoms with E-state index in [9.17, 15) is 14.9 Å². The Morgan fingerprint density at radius 1 is 1.11 bits per heavy atom. The molecule has 11 heteroatoms. The van der Waals surface area contributed by atoms with Gasteiger partial charge in [0.2, 0.25) is 0 Å². The van der Waals surface area contributed by atoms with E-state index in [2.05, 4.69) is 33.7 Å². The van der Waals surface area contributed by atoms with Crippen LogP contribution in [0.25, 0.3) is 6.08 Å². The van der Waals surface area contributed by atoms with Gasteiger partial charge in [-0.3, -0.25) is 9.36 Å². The number of aromatic nitrogens is 1. The van der Waals surface area contributed by atoms with Crippen LogP contribution in [0, 0.1) is 14.9 Å². The molecule has 1 atom stereocenters. The Kier molecular flexibility index (Phi) is 10.0. The van der Waals surface area contributed by atoms with E-state index in [4.69, 9.17) is 18.9 Å². The zero-order valence-electron chi connectivity index (χ0n) is 25.1. The molecule has 0 unspecified atom stereocenters. The second-order valence-electron chi connectivity index (χ2n) is 9.90. The fourth-order valence-electron chi connectivity index (χ4n) is 5.04. The van der Waals surface area contributed by atoms with Crippen molar-refractivity contribution in [3.8, 4) is 23.3 Å². The molecule has 2 heterocycles. The van der Waals surface area contributed by atoms with Gasteiger partial charge in [-0.05, 0) is 90.9 Å². The van der Waals surface area contributed by atoms with Crippen molar-refractivity contribution in [2.24, 2.45) is 4.99 Å². The fourth-order valence-corrected chi connectivity index (χ4v) is 6.87. The van der Waals surface area contributed by atoms with Crippen LogP contribution in [0.15, 0.2) is 81.7 Å². The molecule has 0 fully saturated rings. The summed E-state index contributed by atoms with van der Waals surface area (Å²) in [5, 5.41) is 9.42. The van der Waals surface area contributed by atoms with Gasteiger partial charge in [0.25, 0.3) is 5.56 Å². The van der Waals surface area contributed by atoms with Crippen LogP contribution < -0.4 is 29.1 Å². The number of carbonyl (C=O) groups excluding carboxylic acids is 1. The summed E-state index contributed by atoms with van der Waals surface area (Å²) in [4.78, 5) is 32.3. The van der Waals surface area contributed by atoms with Gasteiger partial charge in [0, 0.05) is 5.56 Å². The van der Waals surface area contributed by atoms with Crippen LogP contribution in [0.2, 0.25) is 0 Å². The maximum absolute atomic E-state index is 14.0. The number of nitrogens with zero attached hydrogens (tertiary/aromatic N) is 3. The molecule has 4 aromatic rings. The molecule has 1 aromatic heterocycles. The molecule has 45 heavy (non-hydrogen) atoms. The second kappa shape index (κ2) is 14.1. The van der Waals surface area contributed by atoms with Crippen molar-refractivity contribution in [3.63, 3.8) is 0 Å². The van der Waals surface area contributed by atoms with Gasteiger partial charge in [0.05, 0.1) is 57.4 Å². The van der Waals surface area contributed by atoms with Crippen LogP contribution in [0.5, 0.6) is 17.2 Å². The standard InChI is InChI=1S/C34H30IN3O6S/c1-5-42-25-13-11-22(12-14-25)30-29(33(40)43-6-2)20(3)37-34-38(30)32(39)28(45-34)17-21-15-26(35)31(27(16-21)41-4)44-19-24-10-8-7-9-23(24)18-36/h7-17,30H,5-6,19H2,1-4H3/b28-17-/t30-/m1/s1. The number of rotatable bonds is 10. The number of nitriles is 1. The third-order valence-electron chi connectivity index (χ3n) is 7.08. The number of hydrogen-bond donors (Lipinski definition) is 0. The Bertz CT molecular complexity index is 2010. The number of thiazole rings is 1. The highest BCUT2D eigenvalue weighted by molar-refractivity contribution is 14.1. The first-order valence-electron chi connectivity index (χ1n) is 14.2. The van der Waals surface area contributed by atoms with Crippen LogP contribution >= 0.6 is 33.9 Å². The monoisotopic (exact) mass is 735 g/mol. The van der Waals surface area contributed by atoms with Crippen molar-refractivity contribution in [3.05, 3.63) is 117 Å². The van der Waals surface area contributed by atoms with Gasteiger partial charge in [0.1, 0.15) is 12.4 Å². The van der Waals surface area contributed by atoms with Gasteiger partial charge < -0.3 is 18.9 Å². The third-order valence-corrected chi connectivity index (χ3v) is 8.87. The van der Waals surface area contributed by atoms with E-state index in [0.717, 1.165) is 20.3 Å². The molecule has 0 saturated heterocycles. The number of fused-ring (bicyclic) bond motifs is 1. The van der Waals surface area contributed by atoms with Crippen molar-refractivity contribution >= 4 is 46.0 Å². The van der Waals surface area contributed by atoms with Gasteiger partial charge in [-0.25, -0.2) is 9.79 Å². The summed E-state index contributed by atoms with van der Waals surface area (Å²) < 4.78 is 25.5. The predicted molar refractivity (Wildman–Crippen MR) is 179 cm³/mol. The lowest BCUT2D eigenvalue weighted by molar-refractivity contribution is -0.139. The summed E-state index contributed by atoms with van der Waals surface area (Å²) in [5.41, 5.74) is 3.30. The maximum Gasteiger partial charge on any atom is 0.338 e. The molecule has 5 rings (SSSR count). The van der Waals surface area contributed by atoms with Crippen LogP contribution in [0.4, 0.5) is 0 Å². The Hall–Kier alpha value is -4.41. The minimum atomic E-state index is -0.722. The fraction of sp³-hybridized carbons (Fsp3) is 0.235. The molecule has 0 N–H and O–H groups in total. The van der Waals surface area contributed by atoms with Crippen molar-refractivity contribution < 1.29 is 23.7 Å².